The first-order valence-electron chi connectivity index (χ1n) is 9.53. The third-order valence-corrected chi connectivity index (χ3v) is 6.07. The number of aromatic nitrogens is 4. The maximum Gasteiger partial charge on any atom is 0.312 e. The van der Waals surface area contributed by atoms with Gasteiger partial charge in [-0.25, -0.2) is 4.98 Å². The van der Waals surface area contributed by atoms with E-state index in [0.29, 0.717) is 35.8 Å². The van der Waals surface area contributed by atoms with E-state index in [9.17, 15) is 9.18 Å². The lowest BCUT2D eigenvalue weighted by Gasteiger charge is -2.11. The average molecular weight is 524 g/mol. The quantitative estimate of drug-likeness (QED) is 0.375. The number of fused-ring (bicyclic) bond motifs is 2. The number of anilines is 1. The van der Waals surface area contributed by atoms with Crippen LogP contribution in [-0.2, 0) is 17.8 Å². The molecule has 0 radical (unpaired) electrons. The largest absolute Gasteiger partial charge is 0.454 e. The highest BCUT2D eigenvalue weighted by Gasteiger charge is 2.24. The lowest BCUT2D eigenvalue weighted by Crippen LogP contribution is -2.26. The average Bonchev–Trinajstić information content (AvgIpc) is 3.27. The van der Waals surface area contributed by atoms with Crippen LogP contribution >= 0.6 is 22.6 Å². The van der Waals surface area contributed by atoms with Gasteiger partial charge in [-0.2, -0.15) is 14.4 Å². The predicted molar refractivity (Wildman–Crippen MR) is 114 cm³/mol. The Labute approximate surface area is 184 Å². The van der Waals surface area contributed by atoms with Crippen molar-refractivity contribution in [1.29, 1.82) is 0 Å². The second-order valence-corrected chi connectivity index (χ2v) is 8.46. The molecule has 0 bridgehead atoms. The predicted octanol–water partition coefficient (Wildman–Crippen LogP) is 2.14. The number of amides is 1. The number of hydrogen-bond acceptors (Lipinski definition) is 7. The summed E-state index contributed by atoms with van der Waals surface area (Å²) in [5.41, 5.74) is 7.45. The topological polar surface area (TPSA) is 117 Å². The Morgan fingerprint density at radius 3 is 2.80 bits per heavy atom. The summed E-state index contributed by atoms with van der Waals surface area (Å²) in [6, 6.07) is 4.09. The summed E-state index contributed by atoms with van der Waals surface area (Å²) in [5, 5.41) is 2.96. The number of rotatable bonds is 6. The van der Waals surface area contributed by atoms with Gasteiger partial charge in [0.1, 0.15) is 5.82 Å². The third kappa shape index (κ3) is 3.73. The maximum atomic E-state index is 13.9. The summed E-state index contributed by atoms with van der Waals surface area (Å²) in [7, 11) is 0. The highest BCUT2D eigenvalue weighted by Crippen LogP contribution is 2.36. The number of carbonyl (C=O) groups is 1. The fourth-order valence-electron chi connectivity index (χ4n) is 3.42. The molecule has 2 aromatic heterocycles. The lowest BCUT2D eigenvalue weighted by atomic mass is 10.1. The molecule has 9 nitrogen and oxygen atoms in total. The monoisotopic (exact) mass is 524 g/mol. The molecule has 1 aliphatic heterocycles. The number of nitrogens with one attached hydrogen (secondary N) is 1. The van der Waals surface area contributed by atoms with Crippen molar-refractivity contribution in [3.8, 4) is 11.5 Å². The molecule has 11 heteroatoms. The Kier molecular flexibility index (Phi) is 4.83. The van der Waals surface area contributed by atoms with Gasteiger partial charge in [0, 0.05) is 29.0 Å². The number of nitrogens with zero attached hydrogens (tertiary/aromatic N) is 4. The van der Waals surface area contributed by atoms with E-state index in [2.05, 4.69) is 42.9 Å². The molecule has 0 atom stereocenters. The lowest BCUT2D eigenvalue weighted by molar-refractivity contribution is -0.121. The Hall–Kier alpha value is -2.70. The third-order valence-electron chi connectivity index (χ3n) is 5.07. The molecule has 3 aromatic rings. The normalized spacial score (nSPS) is 15.0. The van der Waals surface area contributed by atoms with Crippen molar-refractivity contribution in [2.24, 2.45) is 0 Å². The number of nitrogens with two attached hydrogens (primary N) is 1. The SMILES string of the molecule is Nc1nc(F)nc2c1nc(Cc1cc3c(cc1I)OCO3)n2CCC(=O)NC1CC1. The minimum atomic E-state index is -0.923. The van der Waals surface area contributed by atoms with Crippen LogP contribution in [0, 0.1) is 9.65 Å². The molecule has 1 amide bonds. The van der Waals surface area contributed by atoms with E-state index in [4.69, 9.17) is 15.2 Å². The molecular formula is C19H18FIN6O3. The van der Waals surface area contributed by atoms with E-state index in [-0.39, 0.29) is 36.6 Å². The van der Waals surface area contributed by atoms with Crippen molar-refractivity contribution < 1.29 is 18.7 Å². The number of carbonyl (C=O) groups excluding carboxylic acids is 1. The summed E-state index contributed by atoms with van der Waals surface area (Å²) >= 11 is 2.23. The molecule has 1 fully saturated rings. The number of ether oxygens (including phenoxy) is 2. The summed E-state index contributed by atoms with van der Waals surface area (Å²) < 4.78 is 27.5. The summed E-state index contributed by atoms with van der Waals surface area (Å²) in [5.74, 6) is 1.91. The molecule has 1 aromatic carbocycles. The summed E-state index contributed by atoms with van der Waals surface area (Å²) in [6.45, 7) is 0.496. The van der Waals surface area contributed by atoms with Crippen molar-refractivity contribution in [2.45, 2.75) is 38.3 Å². The van der Waals surface area contributed by atoms with E-state index in [1.54, 1.807) is 4.57 Å². The minimum absolute atomic E-state index is 0.0275. The van der Waals surface area contributed by atoms with Crippen LogP contribution in [0.15, 0.2) is 12.1 Å². The first-order chi connectivity index (χ1) is 14.5. The number of halogens is 2. The number of benzene rings is 1. The van der Waals surface area contributed by atoms with E-state index in [0.717, 1.165) is 22.0 Å². The maximum absolute atomic E-state index is 13.9. The number of nitrogen functional groups attached to an aromatic ring is 1. The molecule has 0 spiro atoms. The van der Waals surface area contributed by atoms with Crippen molar-refractivity contribution in [1.82, 2.24) is 24.8 Å². The van der Waals surface area contributed by atoms with Crippen LogP contribution in [-0.4, -0.2) is 38.3 Å². The van der Waals surface area contributed by atoms with Crippen molar-refractivity contribution >= 4 is 45.5 Å². The van der Waals surface area contributed by atoms with Crippen LogP contribution < -0.4 is 20.5 Å². The van der Waals surface area contributed by atoms with E-state index < -0.39 is 6.08 Å². The molecular weight excluding hydrogens is 506 g/mol. The van der Waals surface area contributed by atoms with Gasteiger partial charge < -0.3 is 25.1 Å². The van der Waals surface area contributed by atoms with Gasteiger partial charge in [0.15, 0.2) is 28.5 Å². The van der Waals surface area contributed by atoms with Gasteiger partial charge in [0.25, 0.3) is 0 Å². The Bertz CT molecular complexity index is 1160. The molecule has 0 unspecified atom stereocenters. The zero-order valence-corrected chi connectivity index (χ0v) is 18.0. The van der Waals surface area contributed by atoms with Gasteiger partial charge in [0.05, 0.1) is 0 Å². The van der Waals surface area contributed by atoms with Crippen molar-refractivity contribution in [2.75, 3.05) is 12.5 Å². The molecule has 156 valence electrons. The standard InChI is InChI=1S/C19H18FIN6O3/c20-19-25-17(22)16-18(26-19)27(4-3-15(28)23-10-1-2-10)14(24-16)6-9-5-12-13(7-11(9)21)30-8-29-12/h5,7,10H,1-4,6,8H2,(H,23,28)(H2,22,25,26). The van der Waals surface area contributed by atoms with Gasteiger partial charge in [-0.05, 0) is 53.1 Å². The Morgan fingerprint density at radius 1 is 1.27 bits per heavy atom. The molecule has 1 saturated carbocycles. The van der Waals surface area contributed by atoms with Crippen LogP contribution in [0.3, 0.4) is 0 Å². The van der Waals surface area contributed by atoms with E-state index in [1.165, 1.54) is 0 Å². The zero-order chi connectivity index (χ0) is 20.8. The molecule has 3 heterocycles. The fraction of sp³-hybridized carbons (Fsp3) is 0.368. The smallest absolute Gasteiger partial charge is 0.312 e. The van der Waals surface area contributed by atoms with Gasteiger partial charge in [-0.15, -0.1) is 0 Å². The highest BCUT2D eigenvalue weighted by molar-refractivity contribution is 14.1. The van der Waals surface area contributed by atoms with Gasteiger partial charge in [-0.3, -0.25) is 4.79 Å². The number of hydrogen-bond donors (Lipinski definition) is 2. The first kappa shape index (κ1) is 19.3. The molecule has 0 saturated heterocycles. The van der Waals surface area contributed by atoms with Crippen LogP contribution in [0.5, 0.6) is 11.5 Å². The minimum Gasteiger partial charge on any atom is -0.454 e. The van der Waals surface area contributed by atoms with Crippen LogP contribution in [0.1, 0.15) is 30.7 Å². The second kappa shape index (κ2) is 7.52. The molecule has 2 aliphatic rings. The number of aryl methyl sites for hydroxylation is 1. The number of imidazole rings is 1. The van der Waals surface area contributed by atoms with Gasteiger partial charge in [0.2, 0.25) is 12.7 Å². The fourth-order valence-corrected chi connectivity index (χ4v) is 4.04. The summed E-state index contributed by atoms with van der Waals surface area (Å²) in [6.07, 6.45) is 1.77. The Morgan fingerprint density at radius 2 is 2.03 bits per heavy atom. The molecule has 3 N–H and O–H groups in total. The molecule has 5 rings (SSSR count). The summed E-state index contributed by atoms with van der Waals surface area (Å²) in [4.78, 5) is 24.2. The van der Waals surface area contributed by atoms with Crippen LogP contribution in [0.2, 0.25) is 0 Å². The zero-order valence-electron chi connectivity index (χ0n) is 15.8. The van der Waals surface area contributed by atoms with Crippen LogP contribution in [0.25, 0.3) is 11.2 Å². The highest BCUT2D eigenvalue weighted by atomic mass is 127. The second-order valence-electron chi connectivity index (χ2n) is 7.30. The molecule has 1 aliphatic carbocycles. The van der Waals surface area contributed by atoms with Gasteiger partial charge in [-0.1, -0.05) is 0 Å². The van der Waals surface area contributed by atoms with Crippen LogP contribution in [0.4, 0.5) is 10.2 Å². The van der Waals surface area contributed by atoms with Gasteiger partial charge >= 0.3 is 6.08 Å². The van der Waals surface area contributed by atoms with Crippen molar-refractivity contribution in [3.63, 3.8) is 0 Å². The van der Waals surface area contributed by atoms with E-state index in [1.807, 2.05) is 12.1 Å². The van der Waals surface area contributed by atoms with Crippen molar-refractivity contribution in [3.05, 3.63) is 33.2 Å². The van der Waals surface area contributed by atoms with E-state index >= 15 is 0 Å². The first-order valence-corrected chi connectivity index (χ1v) is 10.6. The molecule has 30 heavy (non-hydrogen) atoms. The Balaban J connectivity index is 1.50.